The maximum atomic E-state index is 6.15. The lowest BCUT2D eigenvalue weighted by molar-refractivity contribution is 0.0211. The van der Waals surface area contributed by atoms with Gasteiger partial charge in [0.15, 0.2) is 0 Å². The molecule has 1 saturated heterocycles. The molecule has 0 radical (unpaired) electrons. The van der Waals surface area contributed by atoms with Gasteiger partial charge in [-0.15, -0.1) is 0 Å². The molecule has 1 aliphatic carbocycles. The summed E-state index contributed by atoms with van der Waals surface area (Å²) in [5, 5.41) is 0. The van der Waals surface area contributed by atoms with Crippen LogP contribution in [0.4, 0.5) is 0 Å². The number of nitrogens with two attached hydrogens (primary N) is 1. The summed E-state index contributed by atoms with van der Waals surface area (Å²) in [4.78, 5) is 5.11. The van der Waals surface area contributed by atoms with Gasteiger partial charge in [-0.05, 0) is 58.7 Å². The van der Waals surface area contributed by atoms with Crippen molar-refractivity contribution in [2.24, 2.45) is 11.7 Å². The van der Waals surface area contributed by atoms with E-state index in [4.69, 9.17) is 5.73 Å². The average Bonchev–Trinajstić information content (AvgIpc) is 3.16. The van der Waals surface area contributed by atoms with E-state index in [9.17, 15) is 0 Å². The normalized spacial score (nSPS) is 30.5. The van der Waals surface area contributed by atoms with Gasteiger partial charge >= 0.3 is 0 Å². The summed E-state index contributed by atoms with van der Waals surface area (Å²) in [5.41, 5.74) is 6.43. The van der Waals surface area contributed by atoms with E-state index < -0.39 is 0 Å². The first-order valence-electron chi connectivity index (χ1n) is 7.25. The highest BCUT2D eigenvalue weighted by Gasteiger charge is 2.47. The van der Waals surface area contributed by atoms with Crippen LogP contribution in [-0.2, 0) is 0 Å². The summed E-state index contributed by atoms with van der Waals surface area (Å²) in [6, 6.07) is 0.706. The highest BCUT2D eigenvalue weighted by molar-refractivity contribution is 5.04. The summed E-state index contributed by atoms with van der Waals surface area (Å²) in [7, 11) is 4.56. The zero-order chi connectivity index (χ0) is 12.5. The van der Waals surface area contributed by atoms with Crippen LogP contribution in [0.2, 0.25) is 0 Å². The SMILES string of the molecule is CCC(CN)(C1CC1)N(C)C1CCCN(C)C1. The Kier molecular flexibility index (Phi) is 4.11. The number of hydrogen-bond donors (Lipinski definition) is 1. The van der Waals surface area contributed by atoms with Gasteiger partial charge in [0.2, 0.25) is 0 Å². The van der Waals surface area contributed by atoms with Gasteiger partial charge in [0.05, 0.1) is 0 Å². The summed E-state index contributed by atoms with van der Waals surface area (Å²) in [6.45, 7) is 5.61. The first-order valence-corrected chi connectivity index (χ1v) is 7.25. The lowest BCUT2D eigenvalue weighted by atomic mass is 9.86. The van der Waals surface area contributed by atoms with E-state index in [0.29, 0.717) is 6.04 Å². The minimum absolute atomic E-state index is 0.281. The fraction of sp³-hybridized carbons (Fsp3) is 1.00. The van der Waals surface area contributed by atoms with Crippen LogP contribution in [0.1, 0.15) is 39.0 Å². The lowest BCUT2D eigenvalue weighted by Crippen LogP contribution is -2.60. The Morgan fingerprint density at radius 1 is 1.35 bits per heavy atom. The maximum absolute atomic E-state index is 6.15. The molecule has 1 heterocycles. The van der Waals surface area contributed by atoms with Crippen molar-refractivity contribution in [3.8, 4) is 0 Å². The van der Waals surface area contributed by atoms with E-state index in [2.05, 4.69) is 30.8 Å². The molecule has 3 heteroatoms. The molecule has 2 atom stereocenters. The highest BCUT2D eigenvalue weighted by atomic mass is 15.3. The second-order valence-corrected chi connectivity index (χ2v) is 6.10. The molecule has 0 aromatic carbocycles. The number of likely N-dealkylation sites (tertiary alicyclic amines) is 1. The second kappa shape index (κ2) is 5.25. The third kappa shape index (κ3) is 2.51. The average molecular weight is 239 g/mol. The van der Waals surface area contributed by atoms with E-state index in [1.165, 1.54) is 45.2 Å². The first kappa shape index (κ1) is 13.3. The fourth-order valence-electron chi connectivity index (χ4n) is 3.72. The van der Waals surface area contributed by atoms with Crippen molar-refractivity contribution < 1.29 is 0 Å². The minimum atomic E-state index is 0.281. The maximum Gasteiger partial charge on any atom is 0.0357 e. The van der Waals surface area contributed by atoms with Crippen molar-refractivity contribution in [1.29, 1.82) is 0 Å². The monoisotopic (exact) mass is 239 g/mol. The molecule has 2 rings (SSSR count). The van der Waals surface area contributed by atoms with Crippen LogP contribution in [-0.4, -0.2) is 55.1 Å². The topological polar surface area (TPSA) is 32.5 Å². The minimum Gasteiger partial charge on any atom is -0.329 e. The van der Waals surface area contributed by atoms with E-state index in [1.54, 1.807) is 0 Å². The van der Waals surface area contributed by atoms with Gasteiger partial charge in [-0.25, -0.2) is 0 Å². The highest BCUT2D eigenvalue weighted by Crippen LogP contribution is 2.45. The summed E-state index contributed by atoms with van der Waals surface area (Å²) in [5.74, 6) is 0.856. The molecule has 2 unspecified atom stereocenters. The van der Waals surface area contributed by atoms with E-state index >= 15 is 0 Å². The molecule has 3 nitrogen and oxygen atoms in total. The van der Waals surface area contributed by atoms with Crippen molar-refractivity contribution in [2.45, 2.75) is 50.6 Å². The fourth-order valence-corrected chi connectivity index (χ4v) is 3.72. The van der Waals surface area contributed by atoms with Gasteiger partial charge in [-0.3, -0.25) is 4.90 Å². The van der Waals surface area contributed by atoms with E-state index in [-0.39, 0.29) is 5.54 Å². The first-order chi connectivity index (χ1) is 8.14. The molecule has 0 amide bonds. The Bertz CT molecular complexity index is 246. The number of hydrogen-bond acceptors (Lipinski definition) is 3. The van der Waals surface area contributed by atoms with Gasteiger partial charge in [0.25, 0.3) is 0 Å². The van der Waals surface area contributed by atoms with E-state index in [0.717, 1.165) is 12.5 Å². The van der Waals surface area contributed by atoms with Crippen LogP contribution in [0.25, 0.3) is 0 Å². The van der Waals surface area contributed by atoms with Crippen LogP contribution in [0.15, 0.2) is 0 Å². The van der Waals surface area contributed by atoms with Gasteiger partial charge in [-0.2, -0.15) is 0 Å². The third-order valence-corrected chi connectivity index (χ3v) is 5.15. The molecule has 1 saturated carbocycles. The quantitative estimate of drug-likeness (QED) is 0.790. The molecule has 2 aliphatic rings. The standard InChI is InChI=1S/C14H29N3/c1-4-14(11-15,12-7-8-12)17(3)13-6-5-9-16(2)10-13/h12-13H,4-11,15H2,1-3H3. The largest absolute Gasteiger partial charge is 0.329 e. The van der Waals surface area contributed by atoms with Crippen LogP contribution < -0.4 is 5.73 Å². The molecule has 2 N–H and O–H groups in total. The smallest absolute Gasteiger partial charge is 0.0357 e. The van der Waals surface area contributed by atoms with Crippen molar-refractivity contribution in [2.75, 3.05) is 33.7 Å². The van der Waals surface area contributed by atoms with Crippen molar-refractivity contribution in [3.05, 3.63) is 0 Å². The summed E-state index contributed by atoms with van der Waals surface area (Å²) in [6.07, 6.45) is 6.65. The Balaban J connectivity index is 2.07. The number of likely N-dealkylation sites (N-methyl/N-ethyl adjacent to an activating group) is 2. The van der Waals surface area contributed by atoms with Crippen LogP contribution in [0, 0.1) is 5.92 Å². The van der Waals surface area contributed by atoms with Crippen molar-refractivity contribution in [1.82, 2.24) is 9.80 Å². The molecular formula is C14H29N3. The predicted octanol–water partition coefficient (Wildman–Crippen LogP) is 1.53. The van der Waals surface area contributed by atoms with E-state index in [1.807, 2.05) is 0 Å². The van der Waals surface area contributed by atoms with Gasteiger partial charge in [0.1, 0.15) is 0 Å². The third-order valence-electron chi connectivity index (χ3n) is 5.15. The molecule has 17 heavy (non-hydrogen) atoms. The number of nitrogens with zero attached hydrogens (tertiary/aromatic N) is 2. The molecule has 100 valence electrons. The summed E-state index contributed by atoms with van der Waals surface area (Å²) >= 11 is 0. The second-order valence-electron chi connectivity index (χ2n) is 6.10. The zero-order valence-corrected chi connectivity index (χ0v) is 11.8. The molecule has 0 spiro atoms. The van der Waals surface area contributed by atoms with Crippen LogP contribution in [0.3, 0.4) is 0 Å². The Morgan fingerprint density at radius 2 is 2.06 bits per heavy atom. The lowest BCUT2D eigenvalue weighted by Gasteiger charge is -2.48. The van der Waals surface area contributed by atoms with Crippen molar-refractivity contribution >= 4 is 0 Å². The number of piperidine rings is 1. The predicted molar refractivity (Wildman–Crippen MR) is 73.1 cm³/mol. The number of rotatable bonds is 5. The Labute approximate surface area is 106 Å². The Hall–Kier alpha value is -0.120. The molecule has 2 fully saturated rings. The molecule has 0 bridgehead atoms. The molecule has 0 aromatic rings. The molecule has 1 aliphatic heterocycles. The summed E-state index contributed by atoms with van der Waals surface area (Å²) < 4.78 is 0. The van der Waals surface area contributed by atoms with Crippen LogP contribution in [0.5, 0.6) is 0 Å². The zero-order valence-electron chi connectivity index (χ0n) is 11.8. The Morgan fingerprint density at radius 3 is 2.53 bits per heavy atom. The van der Waals surface area contributed by atoms with Gasteiger partial charge in [0, 0.05) is 24.7 Å². The van der Waals surface area contributed by atoms with Gasteiger partial charge in [-0.1, -0.05) is 6.92 Å². The van der Waals surface area contributed by atoms with Crippen molar-refractivity contribution in [3.63, 3.8) is 0 Å². The molecule has 0 aromatic heterocycles. The van der Waals surface area contributed by atoms with Gasteiger partial charge < -0.3 is 10.6 Å². The van der Waals surface area contributed by atoms with Crippen LogP contribution >= 0.6 is 0 Å². The molecular weight excluding hydrogens is 210 g/mol.